The summed E-state index contributed by atoms with van der Waals surface area (Å²) < 4.78 is 16.2. The zero-order valence-electron chi connectivity index (χ0n) is 16.4. The van der Waals surface area contributed by atoms with Crippen molar-refractivity contribution in [2.75, 3.05) is 20.4 Å². The molecule has 1 amide bonds. The van der Waals surface area contributed by atoms with Crippen LogP contribution in [0.4, 0.5) is 0 Å². The molecule has 1 saturated carbocycles. The van der Waals surface area contributed by atoms with Crippen molar-refractivity contribution in [3.05, 3.63) is 65.7 Å². The van der Waals surface area contributed by atoms with Crippen LogP contribution in [0.2, 0.25) is 0 Å². The molecule has 5 heteroatoms. The molecular formula is C23H29NO4. The second kappa shape index (κ2) is 10.8. The fourth-order valence-electron chi connectivity index (χ4n) is 3.46. The van der Waals surface area contributed by atoms with Gasteiger partial charge in [0.25, 0.3) is 5.91 Å². The maximum absolute atomic E-state index is 12.3. The smallest absolute Gasteiger partial charge is 0.251 e. The number of carbonyl (C=O) groups excluding carboxylic acids is 1. The second-order valence-corrected chi connectivity index (χ2v) is 7.22. The van der Waals surface area contributed by atoms with Crippen LogP contribution < -0.4 is 10.1 Å². The Morgan fingerprint density at radius 2 is 1.71 bits per heavy atom. The first kappa shape index (κ1) is 20.4. The maximum atomic E-state index is 12.3. The summed E-state index contributed by atoms with van der Waals surface area (Å²) in [5, 5.41) is 3.06. The van der Waals surface area contributed by atoms with Crippen molar-refractivity contribution in [1.82, 2.24) is 5.32 Å². The lowest BCUT2D eigenvalue weighted by Crippen LogP contribution is -2.32. The van der Waals surface area contributed by atoms with Crippen molar-refractivity contribution in [3.8, 4) is 5.75 Å². The van der Waals surface area contributed by atoms with E-state index in [-0.39, 0.29) is 12.7 Å². The molecule has 150 valence electrons. The Labute approximate surface area is 167 Å². The Morgan fingerprint density at radius 1 is 1.00 bits per heavy atom. The van der Waals surface area contributed by atoms with Gasteiger partial charge in [0.05, 0.1) is 12.7 Å². The number of methoxy groups -OCH3 is 1. The van der Waals surface area contributed by atoms with Crippen molar-refractivity contribution < 1.29 is 19.0 Å². The summed E-state index contributed by atoms with van der Waals surface area (Å²) in [7, 11) is 1.57. The van der Waals surface area contributed by atoms with Crippen LogP contribution in [0, 0.1) is 5.92 Å². The van der Waals surface area contributed by atoms with Crippen molar-refractivity contribution >= 4 is 5.91 Å². The third-order valence-electron chi connectivity index (χ3n) is 5.13. The van der Waals surface area contributed by atoms with Crippen LogP contribution in [0.3, 0.4) is 0 Å². The highest BCUT2D eigenvalue weighted by Gasteiger charge is 2.22. The predicted molar refractivity (Wildman–Crippen MR) is 108 cm³/mol. The third-order valence-corrected chi connectivity index (χ3v) is 5.13. The van der Waals surface area contributed by atoms with E-state index < -0.39 is 0 Å². The predicted octanol–water partition coefficient (Wildman–Crippen LogP) is 4.17. The SMILES string of the molecule is COCOc1ccc(C(=O)NC[C@H]2CC[C@@H](OCc3ccccc3)CC2)cc1. The largest absolute Gasteiger partial charge is 0.468 e. The zero-order valence-corrected chi connectivity index (χ0v) is 16.4. The summed E-state index contributed by atoms with van der Waals surface area (Å²) in [4.78, 5) is 12.3. The van der Waals surface area contributed by atoms with E-state index in [2.05, 4.69) is 17.4 Å². The minimum atomic E-state index is -0.0410. The van der Waals surface area contributed by atoms with E-state index in [1.807, 2.05) is 18.2 Å². The molecular weight excluding hydrogens is 354 g/mol. The van der Waals surface area contributed by atoms with Gasteiger partial charge in [-0.2, -0.15) is 0 Å². The standard InChI is InChI=1S/C23H29NO4/c1-26-17-28-22-13-9-20(10-14-22)23(25)24-15-18-7-11-21(12-8-18)27-16-19-5-3-2-4-6-19/h2-6,9-10,13-14,18,21H,7-8,11-12,15-17H2,1H3,(H,24,25)/t18-,21+. The molecule has 2 aromatic carbocycles. The molecule has 0 heterocycles. The van der Waals surface area contributed by atoms with Crippen LogP contribution in [0.15, 0.2) is 54.6 Å². The maximum Gasteiger partial charge on any atom is 0.251 e. The first-order valence-corrected chi connectivity index (χ1v) is 9.90. The molecule has 0 atom stereocenters. The van der Waals surface area contributed by atoms with Gasteiger partial charge in [-0.1, -0.05) is 30.3 Å². The molecule has 1 aliphatic carbocycles. The third kappa shape index (κ3) is 6.36. The number of benzene rings is 2. The molecule has 2 aromatic rings. The van der Waals surface area contributed by atoms with Gasteiger partial charge < -0.3 is 19.5 Å². The van der Waals surface area contributed by atoms with E-state index in [1.165, 1.54) is 5.56 Å². The van der Waals surface area contributed by atoms with E-state index in [9.17, 15) is 4.79 Å². The fourth-order valence-corrected chi connectivity index (χ4v) is 3.46. The number of carbonyl (C=O) groups is 1. The molecule has 1 N–H and O–H groups in total. The molecule has 0 aliphatic heterocycles. The van der Waals surface area contributed by atoms with Crippen LogP contribution in [0.25, 0.3) is 0 Å². The number of hydrogen-bond acceptors (Lipinski definition) is 4. The monoisotopic (exact) mass is 383 g/mol. The number of amides is 1. The Balaban J connectivity index is 1.35. The van der Waals surface area contributed by atoms with Crippen LogP contribution >= 0.6 is 0 Å². The summed E-state index contributed by atoms with van der Waals surface area (Å²) in [5.74, 6) is 1.16. The molecule has 28 heavy (non-hydrogen) atoms. The Kier molecular flexibility index (Phi) is 7.88. The van der Waals surface area contributed by atoms with Crippen LogP contribution in [0.5, 0.6) is 5.75 Å². The molecule has 0 radical (unpaired) electrons. The molecule has 1 fully saturated rings. The molecule has 0 saturated heterocycles. The quantitative estimate of drug-likeness (QED) is 0.660. The minimum Gasteiger partial charge on any atom is -0.468 e. The normalized spacial score (nSPS) is 19.2. The lowest BCUT2D eigenvalue weighted by atomic mass is 9.87. The zero-order chi connectivity index (χ0) is 19.6. The Bertz CT molecular complexity index is 709. The van der Waals surface area contributed by atoms with E-state index in [0.29, 0.717) is 36.5 Å². The summed E-state index contributed by atoms with van der Waals surface area (Å²) in [5.41, 5.74) is 1.86. The number of nitrogens with one attached hydrogen (secondary N) is 1. The van der Waals surface area contributed by atoms with Gasteiger partial charge in [-0.3, -0.25) is 4.79 Å². The molecule has 0 unspecified atom stereocenters. The van der Waals surface area contributed by atoms with Gasteiger partial charge in [-0.05, 0) is 61.4 Å². The fraction of sp³-hybridized carbons (Fsp3) is 0.435. The molecule has 3 rings (SSSR count). The Morgan fingerprint density at radius 3 is 2.39 bits per heavy atom. The number of rotatable bonds is 9. The summed E-state index contributed by atoms with van der Waals surface area (Å²) in [6.07, 6.45) is 4.61. The summed E-state index contributed by atoms with van der Waals surface area (Å²) >= 11 is 0. The van der Waals surface area contributed by atoms with Crippen LogP contribution in [-0.2, 0) is 16.1 Å². The second-order valence-electron chi connectivity index (χ2n) is 7.22. The van der Waals surface area contributed by atoms with Gasteiger partial charge in [0.15, 0.2) is 6.79 Å². The summed E-state index contributed by atoms with van der Waals surface area (Å²) in [6.45, 7) is 1.59. The van der Waals surface area contributed by atoms with Crippen molar-refractivity contribution in [1.29, 1.82) is 0 Å². The Hall–Kier alpha value is -2.37. The first-order valence-electron chi connectivity index (χ1n) is 9.90. The molecule has 5 nitrogen and oxygen atoms in total. The van der Waals surface area contributed by atoms with Gasteiger partial charge in [0.1, 0.15) is 5.75 Å². The van der Waals surface area contributed by atoms with Crippen molar-refractivity contribution in [2.45, 2.75) is 38.4 Å². The lowest BCUT2D eigenvalue weighted by molar-refractivity contribution is 0.00731. The van der Waals surface area contributed by atoms with E-state index in [0.717, 1.165) is 25.7 Å². The highest BCUT2D eigenvalue weighted by atomic mass is 16.7. The van der Waals surface area contributed by atoms with Gasteiger partial charge in [-0.25, -0.2) is 0 Å². The van der Waals surface area contributed by atoms with Crippen LogP contribution in [0.1, 0.15) is 41.6 Å². The molecule has 0 bridgehead atoms. The van der Waals surface area contributed by atoms with Gasteiger partial charge in [0, 0.05) is 19.2 Å². The number of hydrogen-bond donors (Lipinski definition) is 1. The van der Waals surface area contributed by atoms with Crippen molar-refractivity contribution in [2.24, 2.45) is 5.92 Å². The van der Waals surface area contributed by atoms with Crippen LogP contribution in [-0.4, -0.2) is 32.5 Å². The molecule has 0 spiro atoms. The topological polar surface area (TPSA) is 56.8 Å². The first-order chi connectivity index (χ1) is 13.7. The number of ether oxygens (including phenoxy) is 3. The summed E-state index contributed by atoms with van der Waals surface area (Å²) in [6, 6.07) is 17.4. The highest BCUT2D eigenvalue weighted by Crippen LogP contribution is 2.26. The lowest BCUT2D eigenvalue weighted by Gasteiger charge is -2.28. The van der Waals surface area contributed by atoms with E-state index in [1.54, 1.807) is 31.4 Å². The van der Waals surface area contributed by atoms with Crippen molar-refractivity contribution in [3.63, 3.8) is 0 Å². The minimum absolute atomic E-state index is 0.0410. The average Bonchev–Trinajstić information content (AvgIpc) is 2.76. The van der Waals surface area contributed by atoms with Gasteiger partial charge in [0.2, 0.25) is 0 Å². The van der Waals surface area contributed by atoms with Gasteiger partial charge >= 0.3 is 0 Å². The average molecular weight is 383 g/mol. The van der Waals surface area contributed by atoms with E-state index >= 15 is 0 Å². The molecule has 1 aliphatic rings. The molecule has 0 aromatic heterocycles. The van der Waals surface area contributed by atoms with Gasteiger partial charge in [-0.15, -0.1) is 0 Å². The highest BCUT2D eigenvalue weighted by molar-refractivity contribution is 5.94. The van der Waals surface area contributed by atoms with E-state index in [4.69, 9.17) is 14.2 Å².